The second kappa shape index (κ2) is 8.14. The number of aryl methyl sites for hydroxylation is 1. The summed E-state index contributed by atoms with van der Waals surface area (Å²) in [7, 11) is 0. The number of fused-ring (bicyclic) bond motifs is 6. The van der Waals surface area contributed by atoms with E-state index in [9.17, 15) is 0 Å². The molecule has 2 heterocycles. The smallest absolute Gasteiger partial charge is 0.144 e. The highest BCUT2D eigenvalue weighted by Gasteiger charge is 2.25. The van der Waals surface area contributed by atoms with Crippen molar-refractivity contribution in [2.45, 2.75) is 27.2 Å². The van der Waals surface area contributed by atoms with Crippen LogP contribution in [0.15, 0.2) is 91.0 Å². The molecule has 0 saturated heterocycles. The number of benzene rings is 4. The number of pyridine rings is 1. The molecule has 0 aliphatic carbocycles. The van der Waals surface area contributed by atoms with E-state index in [1.165, 1.54) is 22.1 Å². The fraction of sp³-hybridized carbons (Fsp3) is 0.156. The maximum absolute atomic E-state index is 6.74. The minimum atomic E-state index is 0.558. The van der Waals surface area contributed by atoms with Crippen molar-refractivity contribution in [1.29, 1.82) is 0 Å². The number of nitrogens with zero attached hydrogens (tertiary/aromatic N) is 1. The Morgan fingerprint density at radius 1 is 0.735 bits per heavy atom. The zero-order chi connectivity index (χ0) is 23.2. The van der Waals surface area contributed by atoms with Crippen LogP contribution in [0.1, 0.15) is 25.0 Å². The summed E-state index contributed by atoms with van der Waals surface area (Å²) < 4.78 is 6.74. The predicted molar refractivity (Wildman–Crippen MR) is 141 cm³/mol. The fourth-order valence-corrected chi connectivity index (χ4v) is 5.14. The van der Waals surface area contributed by atoms with E-state index in [-0.39, 0.29) is 0 Å². The van der Waals surface area contributed by atoms with Gasteiger partial charge < -0.3 is 4.74 Å². The van der Waals surface area contributed by atoms with Gasteiger partial charge in [-0.1, -0.05) is 86.6 Å². The summed E-state index contributed by atoms with van der Waals surface area (Å²) in [6, 6.07) is 32.0. The zero-order valence-corrected chi connectivity index (χ0v) is 19.8. The molecule has 0 spiro atoms. The van der Waals surface area contributed by atoms with Crippen LogP contribution >= 0.6 is 0 Å². The third kappa shape index (κ3) is 3.38. The largest absolute Gasteiger partial charge is 0.455 e. The van der Waals surface area contributed by atoms with E-state index in [2.05, 4.69) is 106 Å². The van der Waals surface area contributed by atoms with E-state index in [1.807, 2.05) is 6.07 Å². The van der Waals surface area contributed by atoms with Crippen molar-refractivity contribution < 1.29 is 4.74 Å². The number of hydrogen-bond acceptors (Lipinski definition) is 2. The Bertz CT molecular complexity index is 1550. The van der Waals surface area contributed by atoms with E-state index in [0.717, 1.165) is 51.4 Å². The number of para-hydroxylation sites is 2. The van der Waals surface area contributed by atoms with Crippen LogP contribution < -0.4 is 4.74 Å². The maximum atomic E-state index is 6.74. The second-order valence-electron chi connectivity index (χ2n) is 9.56. The van der Waals surface area contributed by atoms with Gasteiger partial charge in [-0.3, -0.25) is 0 Å². The first-order valence-corrected chi connectivity index (χ1v) is 12.0. The molecule has 0 saturated carbocycles. The molecule has 34 heavy (non-hydrogen) atoms. The minimum Gasteiger partial charge on any atom is -0.455 e. The van der Waals surface area contributed by atoms with Crippen molar-refractivity contribution in [2.24, 2.45) is 5.92 Å². The van der Waals surface area contributed by atoms with Crippen LogP contribution in [0, 0.1) is 12.8 Å². The molecular weight excluding hydrogens is 414 g/mol. The molecule has 0 fully saturated rings. The highest BCUT2D eigenvalue weighted by Crippen LogP contribution is 2.50. The van der Waals surface area contributed by atoms with Gasteiger partial charge in [0.1, 0.15) is 11.5 Å². The monoisotopic (exact) mass is 441 g/mol. The van der Waals surface area contributed by atoms with Crippen molar-refractivity contribution in [3.63, 3.8) is 0 Å². The molecule has 1 aliphatic heterocycles. The summed E-state index contributed by atoms with van der Waals surface area (Å²) >= 11 is 0. The summed E-state index contributed by atoms with van der Waals surface area (Å²) in [5.74, 6) is 2.32. The highest BCUT2D eigenvalue weighted by molar-refractivity contribution is 5.95. The Hall–Kier alpha value is -3.91. The molecule has 6 rings (SSSR count). The summed E-state index contributed by atoms with van der Waals surface area (Å²) in [6.45, 7) is 6.69. The standard InChI is InChI=1S/C32H27NO/c1-20(2)18-22-19-29(33-28-14-8-6-10-23(22)28)31-21(3)16-17-27-25-12-5-4-11-24(25)26-13-7-9-15-30(26)34-32(27)31/h4-17,19-20H,18H2,1-3H3. The Labute approximate surface area is 200 Å². The SMILES string of the molecule is Cc1ccc2c(c1-c1cc(CC(C)C)c3ccccc3n1)Oc1ccccc1-c1ccccc1-2. The summed E-state index contributed by atoms with van der Waals surface area (Å²) in [6.07, 6.45) is 1.01. The van der Waals surface area contributed by atoms with Crippen molar-refractivity contribution in [1.82, 2.24) is 4.98 Å². The molecular formula is C32H27NO. The predicted octanol–water partition coefficient (Wildman–Crippen LogP) is 8.85. The van der Waals surface area contributed by atoms with E-state index >= 15 is 0 Å². The molecule has 0 N–H and O–H groups in total. The van der Waals surface area contributed by atoms with Gasteiger partial charge >= 0.3 is 0 Å². The first-order valence-electron chi connectivity index (χ1n) is 12.0. The quantitative estimate of drug-likeness (QED) is 0.274. The van der Waals surface area contributed by atoms with Gasteiger partial charge in [0, 0.05) is 22.1 Å². The summed E-state index contributed by atoms with van der Waals surface area (Å²) in [5, 5.41) is 1.23. The van der Waals surface area contributed by atoms with Gasteiger partial charge in [-0.25, -0.2) is 4.98 Å². The molecule has 1 aromatic heterocycles. The van der Waals surface area contributed by atoms with Crippen molar-refractivity contribution in [2.75, 3.05) is 0 Å². The molecule has 0 bridgehead atoms. The third-order valence-electron chi connectivity index (χ3n) is 6.66. The molecule has 1 aliphatic rings. The molecule has 4 aromatic carbocycles. The van der Waals surface area contributed by atoms with Gasteiger partial charge in [0.05, 0.1) is 11.2 Å². The Balaban J connectivity index is 1.66. The van der Waals surface area contributed by atoms with Crippen LogP contribution in [-0.2, 0) is 6.42 Å². The number of ether oxygens (including phenoxy) is 1. The van der Waals surface area contributed by atoms with Gasteiger partial charge in [-0.05, 0) is 59.7 Å². The van der Waals surface area contributed by atoms with Crippen molar-refractivity contribution >= 4 is 10.9 Å². The van der Waals surface area contributed by atoms with Gasteiger partial charge in [-0.15, -0.1) is 0 Å². The lowest BCUT2D eigenvalue weighted by Gasteiger charge is -2.18. The summed E-state index contributed by atoms with van der Waals surface area (Å²) in [5.41, 5.74) is 10.2. The summed E-state index contributed by atoms with van der Waals surface area (Å²) in [4.78, 5) is 5.14. The van der Waals surface area contributed by atoms with Gasteiger partial charge in [0.25, 0.3) is 0 Å². The first kappa shape index (κ1) is 20.7. The van der Waals surface area contributed by atoms with Gasteiger partial charge in [-0.2, -0.15) is 0 Å². The molecule has 0 radical (unpaired) electrons. The van der Waals surface area contributed by atoms with Gasteiger partial charge in [0.2, 0.25) is 0 Å². The van der Waals surface area contributed by atoms with Gasteiger partial charge in [0.15, 0.2) is 0 Å². The molecule has 0 atom stereocenters. The number of aromatic nitrogens is 1. The fourth-order valence-electron chi connectivity index (χ4n) is 5.14. The molecule has 0 amide bonds. The highest BCUT2D eigenvalue weighted by atomic mass is 16.5. The lowest BCUT2D eigenvalue weighted by Crippen LogP contribution is -2.00. The van der Waals surface area contributed by atoms with E-state index in [1.54, 1.807) is 0 Å². The van der Waals surface area contributed by atoms with Crippen molar-refractivity contribution in [3.8, 4) is 45.0 Å². The van der Waals surface area contributed by atoms with Crippen molar-refractivity contribution in [3.05, 3.63) is 102 Å². The van der Waals surface area contributed by atoms with Crippen LogP contribution in [0.3, 0.4) is 0 Å². The zero-order valence-electron chi connectivity index (χ0n) is 19.8. The Kier molecular flexibility index (Phi) is 4.95. The van der Waals surface area contributed by atoms with Crippen LogP contribution in [0.5, 0.6) is 11.5 Å². The lowest BCUT2D eigenvalue weighted by molar-refractivity contribution is 0.489. The topological polar surface area (TPSA) is 22.1 Å². The minimum absolute atomic E-state index is 0.558. The molecule has 166 valence electrons. The maximum Gasteiger partial charge on any atom is 0.144 e. The Morgan fingerprint density at radius 3 is 2.21 bits per heavy atom. The molecule has 5 aromatic rings. The van der Waals surface area contributed by atoms with Crippen LogP contribution in [-0.4, -0.2) is 4.98 Å². The Morgan fingerprint density at radius 2 is 1.41 bits per heavy atom. The molecule has 2 nitrogen and oxygen atoms in total. The van der Waals surface area contributed by atoms with Crippen LogP contribution in [0.4, 0.5) is 0 Å². The van der Waals surface area contributed by atoms with E-state index < -0.39 is 0 Å². The normalized spacial score (nSPS) is 12.0. The lowest BCUT2D eigenvalue weighted by atomic mass is 9.90. The second-order valence-corrected chi connectivity index (χ2v) is 9.56. The number of hydrogen-bond donors (Lipinski definition) is 0. The van der Waals surface area contributed by atoms with Crippen LogP contribution in [0.25, 0.3) is 44.4 Å². The average molecular weight is 442 g/mol. The van der Waals surface area contributed by atoms with E-state index in [4.69, 9.17) is 9.72 Å². The average Bonchev–Trinajstić information content (AvgIpc) is 2.98. The van der Waals surface area contributed by atoms with Crippen LogP contribution in [0.2, 0.25) is 0 Å². The van der Waals surface area contributed by atoms with E-state index in [0.29, 0.717) is 5.92 Å². The first-order chi connectivity index (χ1) is 16.6. The molecule has 2 heteroatoms. The number of rotatable bonds is 3. The third-order valence-corrected chi connectivity index (χ3v) is 6.66. The molecule has 0 unspecified atom stereocenters.